The van der Waals surface area contributed by atoms with Gasteiger partial charge in [-0.15, -0.1) is 0 Å². The van der Waals surface area contributed by atoms with Gasteiger partial charge in [0.25, 0.3) is 0 Å². The normalized spacial score (nSPS) is 21.2. The lowest BCUT2D eigenvalue weighted by Gasteiger charge is -2.36. The third-order valence-electron chi connectivity index (χ3n) is 4.67. The van der Waals surface area contributed by atoms with Crippen LogP contribution in [0.1, 0.15) is 20.3 Å². The molecule has 1 aliphatic rings. The van der Waals surface area contributed by atoms with Crippen molar-refractivity contribution in [3.05, 3.63) is 48.8 Å². The van der Waals surface area contributed by atoms with Crippen LogP contribution in [0.25, 0.3) is 22.3 Å². The lowest BCUT2D eigenvalue weighted by atomic mass is 9.92. The third kappa shape index (κ3) is 2.84. The van der Waals surface area contributed by atoms with Gasteiger partial charge in [-0.2, -0.15) is 0 Å². The fraction of sp³-hybridized carbons (Fsp3) is 0.350. The van der Waals surface area contributed by atoms with Gasteiger partial charge in [0.1, 0.15) is 5.82 Å². The van der Waals surface area contributed by atoms with Gasteiger partial charge < -0.3 is 4.90 Å². The highest BCUT2D eigenvalue weighted by molar-refractivity contribution is 5.91. The topological polar surface area (TPSA) is 41.9 Å². The summed E-state index contributed by atoms with van der Waals surface area (Å²) < 4.78 is 0. The Bertz CT molecular complexity index is 837. The number of para-hydroxylation sites is 1. The number of benzene rings is 1. The van der Waals surface area contributed by atoms with Gasteiger partial charge in [0.15, 0.2) is 5.82 Å². The van der Waals surface area contributed by atoms with E-state index in [-0.39, 0.29) is 0 Å². The number of rotatable bonds is 2. The second kappa shape index (κ2) is 6.19. The highest BCUT2D eigenvalue weighted by atomic mass is 15.2. The number of hydrogen-bond acceptors (Lipinski definition) is 4. The molecule has 4 heteroatoms. The van der Waals surface area contributed by atoms with Crippen LogP contribution in [0.5, 0.6) is 0 Å². The largest absolute Gasteiger partial charge is 0.355 e. The summed E-state index contributed by atoms with van der Waals surface area (Å²) in [6, 6.07) is 12.2. The van der Waals surface area contributed by atoms with Gasteiger partial charge in [0, 0.05) is 36.4 Å². The summed E-state index contributed by atoms with van der Waals surface area (Å²) in [5.41, 5.74) is 1.95. The van der Waals surface area contributed by atoms with Crippen LogP contribution < -0.4 is 4.90 Å². The van der Waals surface area contributed by atoms with E-state index in [0.29, 0.717) is 11.8 Å². The van der Waals surface area contributed by atoms with E-state index < -0.39 is 0 Å². The van der Waals surface area contributed by atoms with E-state index in [1.807, 2.05) is 24.4 Å². The fourth-order valence-corrected chi connectivity index (χ4v) is 3.76. The van der Waals surface area contributed by atoms with Crippen molar-refractivity contribution in [2.24, 2.45) is 11.8 Å². The molecule has 122 valence electrons. The molecule has 0 saturated carbocycles. The zero-order valence-electron chi connectivity index (χ0n) is 14.2. The molecular formula is C20H22N4. The van der Waals surface area contributed by atoms with Gasteiger partial charge in [-0.05, 0) is 42.5 Å². The van der Waals surface area contributed by atoms with Crippen LogP contribution in [0.2, 0.25) is 0 Å². The number of nitrogens with zero attached hydrogens (tertiary/aromatic N) is 4. The lowest BCUT2D eigenvalue weighted by molar-refractivity contribution is 0.356. The van der Waals surface area contributed by atoms with Crippen LogP contribution in [0.15, 0.2) is 48.8 Å². The molecule has 0 amide bonds. The first kappa shape index (κ1) is 15.1. The van der Waals surface area contributed by atoms with Crippen LogP contribution in [0.4, 0.5) is 5.82 Å². The molecule has 24 heavy (non-hydrogen) atoms. The van der Waals surface area contributed by atoms with Crippen LogP contribution in [0, 0.1) is 11.8 Å². The number of fused-ring (bicyclic) bond motifs is 1. The Morgan fingerprint density at radius 1 is 0.958 bits per heavy atom. The summed E-state index contributed by atoms with van der Waals surface area (Å²) in [6.45, 7) is 6.76. The molecule has 0 bridgehead atoms. The van der Waals surface area contributed by atoms with Crippen molar-refractivity contribution in [2.75, 3.05) is 18.0 Å². The molecule has 1 fully saturated rings. The average Bonchev–Trinajstić information content (AvgIpc) is 2.60. The Morgan fingerprint density at radius 2 is 1.75 bits per heavy atom. The molecule has 4 nitrogen and oxygen atoms in total. The van der Waals surface area contributed by atoms with Crippen LogP contribution in [-0.2, 0) is 0 Å². The molecule has 3 heterocycles. The summed E-state index contributed by atoms with van der Waals surface area (Å²) in [6.07, 6.45) is 4.89. The number of aromatic nitrogens is 3. The second-order valence-corrected chi connectivity index (χ2v) is 6.98. The fourth-order valence-electron chi connectivity index (χ4n) is 3.76. The highest BCUT2D eigenvalue weighted by Gasteiger charge is 2.24. The molecule has 0 N–H and O–H groups in total. The van der Waals surface area contributed by atoms with Crippen molar-refractivity contribution < 1.29 is 0 Å². The van der Waals surface area contributed by atoms with E-state index >= 15 is 0 Å². The van der Waals surface area contributed by atoms with Gasteiger partial charge in [-0.1, -0.05) is 26.0 Å². The van der Waals surface area contributed by atoms with Crippen molar-refractivity contribution in [1.29, 1.82) is 0 Å². The Labute approximate surface area is 142 Å². The van der Waals surface area contributed by atoms with Crippen LogP contribution in [0.3, 0.4) is 0 Å². The van der Waals surface area contributed by atoms with Gasteiger partial charge >= 0.3 is 0 Å². The molecule has 0 spiro atoms. The molecule has 2 aromatic heterocycles. The van der Waals surface area contributed by atoms with Crippen molar-refractivity contribution in [3.8, 4) is 11.4 Å². The van der Waals surface area contributed by atoms with Crippen molar-refractivity contribution in [3.63, 3.8) is 0 Å². The first-order valence-electron chi connectivity index (χ1n) is 8.63. The molecule has 4 rings (SSSR count). The average molecular weight is 318 g/mol. The molecule has 1 aliphatic heterocycles. The predicted octanol–water partition coefficient (Wildman–Crippen LogP) is 4.17. The minimum Gasteiger partial charge on any atom is -0.355 e. The summed E-state index contributed by atoms with van der Waals surface area (Å²) in [5.74, 6) is 3.18. The van der Waals surface area contributed by atoms with E-state index in [0.717, 1.165) is 41.2 Å². The molecular weight excluding hydrogens is 296 g/mol. The minimum absolute atomic E-state index is 0.685. The highest BCUT2D eigenvalue weighted by Crippen LogP contribution is 2.31. The van der Waals surface area contributed by atoms with Gasteiger partial charge in [-0.25, -0.2) is 9.97 Å². The first-order valence-corrected chi connectivity index (χ1v) is 8.63. The molecule has 1 saturated heterocycles. The van der Waals surface area contributed by atoms with E-state index in [9.17, 15) is 0 Å². The quantitative estimate of drug-likeness (QED) is 0.711. The predicted molar refractivity (Wildman–Crippen MR) is 97.9 cm³/mol. The Morgan fingerprint density at radius 3 is 2.50 bits per heavy atom. The summed E-state index contributed by atoms with van der Waals surface area (Å²) >= 11 is 0. The molecule has 1 aromatic carbocycles. The lowest BCUT2D eigenvalue weighted by Crippen LogP contribution is -2.39. The Kier molecular flexibility index (Phi) is 3.89. The van der Waals surface area contributed by atoms with E-state index in [1.165, 1.54) is 6.42 Å². The second-order valence-electron chi connectivity index (χ2n) is 6.98. The zero-order chi connectivity index (χ0) is 16.5. The number of anilines is 1. The van der Waals surface area contributed by atoms with Crippen molar-refractivity contribution >= 4 is 16.7 Å². The number of pyridine rings is 1. The van der Waals surface area contributed by atoms with Gasteiger partial charge in [0.05, 0.1) is 5.52 Å². The van der Waals surface area contributed by atoms with Crippen molar-refractivity contribution in [2.45, 2.75) is 20.3 Å². The SMILES string of the molecule is CC1CC(C)CN(c2nc(-c3cccnc3)nc3ccccc23)C1. The summed E-state index contributed by atoms with van der Waals surface area (Å²) in [5, 5.41) is 1.13. The van der Waals surface area contributed by atoms with E-state index in [4.69, 9.17) is 9.97 Å². The zero-order valence-corrected chi connectivity index (χ0v) is 14.2. The maximum atomic E-state index is 4.94. The van der Waals surface area contributed by atoms with Gasteiger partial charge in [-0.3, -0.25) is 4.98 Å². The Hall–Kier alpha value is -2.49. The standard InChI is InChI=1S/C20H22N4/c1-14-10-15(2)13-24(12-14)20-17-7-3-4-8-18(17)22-19(23-20)16-6-5-9-21-11-16/h3-9,11,14-15H,10,12-13H2,1-2H3. The van der Waals surface area contributed by atoms with Crippen LogP contribution >= 0.6 is 0 Å². The van der Waals surface area contributed by atoms with Gasteiger partial charge in [0.2, 0.25) is 0 Å². The molecule has 2 atom stereocenters. The maximum absolute atomic E-state index is 4.94. The number of piperidine rings is 1. The molecule has 3 aromatic rings. The van der Waals surface area contributed by atoms with E-state index in [1.54, 1.807) is 6.20 Å². The smallest absolute Gasteiger partial charge is 0.163 e. The van der Waals surface area contributed by atoms with Crippen LogP contribution in [-0.4, -0.2) is 28.0 Å². The molecule has 2 unspecified atom stereocenters. The first-order chi connectivity index (χ1) is 11.7. The summed E-state index contributed by atoms with van der Waals surface area (Å²) in [7, 11) is 0. The minimum atomic E-state index is 0.685. The molecule has 0 radical (unpaired) electrons. The number of hydrogen-bond donors (Lipinski definition) is 0. The van der Waals surface area contributed by atoms with Crippen molar-refractivity contribution in [1.82, 2.24) is 15.0 Å². The summed E-state index contributed by atoms with van der Waals surface area (Å²) in [4.78, 5) is 16.3. The molecule has 0 aliphatic carbocycles. The Balaban J connectivity index is 1.87. The maximum Gasteiger partial charge on any atom is 0.163 e. The van der Waals surface area contributed by atoms with E-state index in [2.05, 4.69) is 41.9 Å². The third-order valence-corrected chi connectivity index (χ3v) is 4.67. The monoisotopic (exact) mass is 318 g/mol.